The van der Waals surface area contributed by atoms with Gasteiger partial charge in [0.15, 0.2) is 17.5 Å². The summed E-state index contributed by atoms with van der Waals surface area (Å²) in [4.78, 5) is 0. The fraction of sp³-hybridized carbons (Fsp3) is 0.290. The third-order valence-electron chi connectivity index (χ3n) is 6.47. The molecule has 0 saturated heterocycles. The summed E-state index contributed by atoms with van der Waals surface area (Å²) in [7, 11) is 0. The van der Waals surface area contributed by atoms with Crippen LogP contribution in [0, 0.1) is 23.3 Å². The summed E-state index contributed by atoms with van der Waals surface area (Å²) in [6.07, 6.45) is 5.57. The maximum absolute atomic E-state index is 15.1. The molecule has 0 N–H and O–H groups in total. The van der Waals surface area contributed by atoms with E-state index in [1.807, 2.05) is 30.3 Å². The average Bonchev–Trinajstić information content (AvgIpc) is 2.88. The number of unbranched alkanes of at least 4 members (excludes halogenated alkanes) is 2. The Balaban J connectivity index is 1.37. The Hall–Kier alpha value is -3.34. The van der Waals surface area contributed by atoms with Crippen molar-refractivity contribution in [3.63, 3.8) is 0 Å². The Morgan fingerprint density at radius 3 is 2.00 bits per heavy atom. The fourth-order valence-corrected chi connectivity index (χ4v) is 4.35. The van der Waals surface area contributed by atoms with Gasteiger partial charge in [0.1, 0.15) is 11.6 Å². The molecular formula is C31H30F4O. The van der Waals surface area contributed by atoms with Crippen molar-refractivity contribution >= 4 is 10.8 Å². The number of benzene rings is 4. The summed E-state index contributed by atoms with van der Waals surface area (Å²) in [5.74, 6) is -3.40. The summed E-state index contributed by atoms with van der Waals surface area (Å²) < 4.78 is 61.0. The van der Waals surface area contributed by atoms with Crippen LogP contribution in [0.5, 0.6) is 5.75 Å². The van der Waals surface area contributed by atoms with E-state index in [1.165, 1.54) is 18.4 Å². The van der Waals surface area contributed by atoms with Crippen LogP contribution in [0.15, 0.2) is 66.7 Å². The Morgan fingerprint density at radius 1 is 0.611 bits per heavy atom. The lowest BCUT2D eigenvalue weighted by Crippen LogP contribution is -1.99. The molecule has 0 spiro atoms. The van der Waals surface area contributed by atoms with Gasteiger partial charge in [-0.05, 0) is 84.0 Å². The molecule has 0 saturated carbocycles. The second-order valence-electron chi connectivity index (χ2n) is 9.17. The maximum Gasteiger partial charge on any atom is 0.194 e. The first kappa shape index (κ1) is 25.7. The molecule has 0 radical (unpaired) electrons. The molecule has 0 heterocycles. The molecule has 4 aromatic carbocycles. The van der Waals surface area contributed by atoms with Gasteiger partial charge in [-0.1, -0.05) is 62.2 Å². The highest BCUT2D eigenvalue weighted by molar-refractivity contribution is 5.84. The second-order valence-corrected chi connectivity index (χ2v) is 9.17. The van der Waals surface area contributed by atoms with Crippen LogP contribution in [0.25, 0.3) is 10.8 Å². The average molecular weight is 495 g/mol. The standard InChI is InChI=1S/C31H30F4O/c1-2-3-4-17-36-26-14-8-21(9-15-26)5-6-22-10-16-27-25(18-22)13-12-24(30(27)34)11-7-23-19-28(32)31(35)29(33)20-23/h8-10,12-16,18-20H,2-7,11,17H2,1H3. The van der Waals surface area contributed by atoms with Crippen molar-refractivity contribution in [1.29, 1.82) is 0 Å². The van der Waals surface area contributed by atoms with E-state index in [-0.39, 0.29) is 24.2 Å². The minimum absolute atomic E-state index is 0.206. The van der Waals surface area contributed by atoms with Gasteiger partial charge in [0.25, 0.3) is 0 Å². The molecule has 4 aromatic rings. The molecule has 36 heavy (non-hydrogen) atoms. The molecule has 0 aromatic heterocycles. The summed E-state index contributed by atoms with van der Waals surface area (Å²) in [5.41, 5.74) is 3.08. The predicted molar refractivity (Wildman–Crippen MR) is 136 cm³/mol. The molecule has 0 aliphatic carbocycles. The molecule has 0 fully saturated rings. The number of aryl methyl sites for hydroxylation is 4. The third kappa shape index (κ3) is 6.45. The van der Waals surface area contributed by atoms with Crippen LogP contribution < -0.4 is 4.74 Å². The highest BCUT2D eigenvalue weighted by Gasteiger charge is 2.13. The highest BCUT2D eigenvalue weighted by atomic mass is 19.2. The number of hydrogen-bond donors (Lipinski definition) is 0. The van der Waals surface area contributed by atoms with Crippen molar-refractivity contribution in [2.75, 3.05) is 6.61 Å². The number of halogens is 4. The number of fused-ring (bicyclic) bond motifs is 1. The van der Waals surface area contributed by atoms with E-state index < -0.39 is 17.5 Å². The topological polar surface area (TPSA) is 9.23 Å². The maximum atomic E-state index is 15.1. The monoisotopic (exact) mass is 494 g/mol. The smallest absolute Gasteiger partial charge is 0.194 e. The van der Waals surface area contributed by atoms with Crippen molar-refractivity contribution in [2.24, 2.45) is 0 Å². The van der Waals surface area contributed by atoms with Crippen LogP contribution in [0.2, 0.25) is 0 Å². The van der Waals surface area contributed by atoms with Gasteiger partial charge in [0.05, 0.1) is 6.61 Å². The zero-order chi connectivity index (χ0) is 25.5. The molecule has 0 amide bonds. The van der Waals surface area contributed by atoms with Gasteiger partial charge in [0.2, 0.25) is 0 Å². The van der Waals surface area contributed by atoms with E-state index in [0.29, 0.717) is 10.9 Å². The van der Waals surface area contributed by atoms with Gasteiger partial charge in [-0.3, -0.25) is 0 Å². The summed E-state index contributed by atoms with van der Waals surface area (Å²) in [6.45, 7) is 2.91. The number of rotatable bonds is 11. The van der Waals surface area contributed by atoms with Gasteiger partial charge in [-0.15, -0.1) is 0 Å². The number of ether oxygens (including phenoxy) is 1. The van der Waals surface area contributed by atoms with Crippen molar-refractivity contribution in [3.8, 4) is 5.75 Å². The second kappa shape index (κ2) is 12.1. The van der Waals surface area contributed by atoms with Crippen molar-refractivity contribution in [1.82, 2.24) is 0 Å². The van der Waals surface area contributed by atoms with E-state index in [2.05, 4.69) is 19.1 Å². The van der Waals surface area contributed by atoms with Crippen LogP contribution in [0.4, 0.5) is 17.6 Å². The van der Waals surface area contributed by atoms with E-state index in [9.17, 15) is 13.2 Å². The van der Waals surface area contributed by atoms with Gasteiger partial charge < -0.3 is 4.74 Å². The van der Waals surface area contributed by atoms with Gasteiger partial charge in [-0.25, -0.2) is 17.6 Å². The molecule has 0 bridgehead atoms. The van der Waals surface area contributed by atoms with Crippen molar-refractivity contribution in [2.45, 2.75) is 51.9 Å². The fourth-order valence-electron chi connectivity index (χ4n) is 4.35. The third-order valence-corrected chi connectivity index (χ3v) is 6.47. The lowest BCUT2D eigenvalue weighted by atomic mass is 9.97. The van der Waals surface area contributed by atoms with Gasteiger partial charge >= 0.3 is 0 Å². The molecule has 4 rings (SSSR count). The van der Waals surface area contributed by atoms with Crippen LogP contribution in [-0.2, 0) is 25.7 Å². The van der Waals surface area contributed by atoms with Crippen molar-refractivity contribution < 1.29 is 22.3 Å². The normalized spacial score (nSPS) is 11.2. The van der Waals surface area contributed by atoms with Crippen molar-refractivity contribution in [3.05, 3.63) is 112 Å². The zero-order valence-electron chi connectivity index (χ0n) is 20.4. The van der Waals surface area contributed by atoms with E-state index in [4.69, 9.17) is 4.74 Å². The lowest BCUT2D eigenvalue weighted by molar-refractivity contribution is 0.306. The summed E-state index contributed by atoms with van der Waals surface area (Å²) in [5, 5.41) is 1.32. The molecular weight excluding hydrogens is 464 g/mol. The summed E-state index contributed by atoms with van der Waals surface area (Å²) in [6, 6.07) is 19.4. The van der Waals surface area contributed by atoms with E-state index in [0.717, 1.165) is 54.7 Å². The van der Waals surface area contributed by atoms with Gasteiger partial charge in [0, 0.05) is 5.39 Å². The molecule has 0 atom stereocenters. The predicted octanol–water partition coefficient (Wildman–Crippen LogP) is 8.54. The lowest BCUT2D eigenvalue weighted by Gasteiger charge is -2.10. The zero-order valence-corrected chi connectivity index (χ0v) is 20.4. The summed E-state index contributed by atoms with van der Waals surface area (Å²) >= 11 is 0. The molecule has 188 valence electrons. The Kier molecular flexibility index (Phi) is 8.63. The van der Waals surface area contributed by atoms with E-state index in [1.54, 1.807) is 12.1 Å². The Bertz CT molecular complexity index is 1290. The Labute approximate surface area is 209 Å². The molecule has 0 unspecified atom stereocenters. The Morgan fingerprint density at radius 2 is 1.28 bits per heavy atom. The van der Waals surface area contributed by atoms with Crippen LogP contribution in [0.3, 0.4) is 0 Å². The molecule has 0 aliphatic rings. The molecule has 0 aliphatic heterocycles. The first-order valence-electron chi connectivity index (χ1n) is 12.5. The first-order valence-corrected chi connectivity index (χ1v) is 12.5. The van der Waals surface area contributed by atoms with Crippen LogP contribution in [-0.4, -0.2) is 6.61 Å². The highest BCUT2D eigenvalue weighted by Crippen LogP contribution is 2.25. The quantitative estimate of drug-likeness (QED) is 0.115. The van der Waals surface area contributed by atoms with Crippen LogP contribution >= 0.6 is 0 Å². The first-order chi connectivity index (χ1) is 17.4. The minimum atomic E-state index is -1.49. The largest absolute Gasteiger partial charge is 0.494 e. The SMILES string of the molecule is CCCCCOc1ccc(CCc2ccc3c(F)c(CCc4cc(F)c(F)c(F)c4)ccc3c2)cc1. The van der Waals surface area contributed by atoms with Gasteiger partial charge in [-0.2, -0.15) is 0 Å². The minimum Gasteiger partial charge on any atom is -0.494 e. The van der Waals surface area contributed by atoms with E-state index >= 15 is 4.39 Å². The molecule has 5 heteroatoms. The van der Waals surface area contributed by atoms with Crippen LogP contribution in [0.1, 0.15) is 48.4 Å². The number of hydrogen-bond acceptors (Lipinski definition) is 1. The molecule has 1 nitrogen and oxygen atoms in total.